The van der Waals surface area contributed by atoms with Crippen molar-refractivity contribution in [1.82, 2.24) is 24.8 Å². The molecule has 3 aromatic heterocycles. The Bertz CT molecular complexity index is 1280. The van der Waals surface area contributed by atoms with Gasteiger partial charge in [-0.15, -0.1) is 0 Å². The van der Waals surface area contributed by atoms with Crippen LogP contribution >= 0.6 is 0 Å². The molecule has 3 aromatic rings. The molecule has 5 rings (SSSR count). The fourth-order valence-corrected chi connectivity index (χ4v) is 4.48. The molecule has 0 spiro atoms. The molecular weight excluding hydrogens is 471 g/mol. The third-order valence-electron chi connectivity index (χ3n) is 6.72. The maximum Gasteiger partial charge on any atom is 0.433 e. The van der Waals surface area contributed by atoms with Crippen molar-refractivity contribution in [2.45, 2.75) is 44.4 Å². The zero-order valence-corrected chi connectivity index (χ0v) is 20.1. The Balaban J connectivity index is 1.36. The van der Waals surface area contributed by atoms with Crippen molar-refractivity contribution in [1.29, 1.82) is 0 Å². The molecule has 2 fully saturated rings. The van der Waals surface area contributed by atoms with E-state index in [0.29, 0.717) is 29.4 Å². The number of carbonyl (C=O) groups is 1. The van der Waals surface area contributed by atoms with Gasteiger partial charge in [-0.3, -0.25) is 14.9 Å². The van der Waals surface area contributed by atoms with Gasteiger partial charge in [0.1, 0.15) is 11.5 Å². The summed E-state index contributed by atoms with van der Waals surface area (Å²) in [6, 6.07) is 7.75. The predicted octanol–water partition coefficient (Wildman–Crippen LogP) is 4.95. The quantitative estimate of drug-likeness (QED) is 0.519. The van der Waals surface area contributed by atoms with Crippen molar-refractivity contribution < 1.29 is 18.0 Å². The highest BCUT2D eigenvalue weighted by Crippen LogP contribution is 2.47. The van der Waals surface area contributed by atoms with Crippen LogP contribution < -0.4 is 10.2 Å². The largest absolute Gasteiger partial charge is 0.433 e. The molecule has 11 heteroatoms. The average Bonchev–Trinajstić information content (AvgIpc) is 3.57. The van der Waals surface area contributed by atoms with Crippen LogP contribution in [0.2, 0.25) is 0 Å². The van der Waals surface area contributed by atoms with Crippen LogP contribution in [0.5, 0.6) is 0 Å². The zero-order chi connectivity index (χ0) is 25.7. The van der Waals surface area contributed by atoms with E-state index in [-0.39, 0.29) is 18.0 Å². The second-order valence-electron chi connectivity index (χ2n) is 9.65. The highest BCUT2D eigenvalue weighted by atomic mass is 19.4. The number of aromatic nitrogens is 4. The molecule has 1 aliphatic carbocycles. The Morgan fingerprint density at radius 1 is 1.06 bits per heavy atom. The minimum atomic E-state index is -4.51. The number of alkyl halides is 3. The van der Waals surface area contributed by atoms with E-state index >= 15 is 0 Å². The SMILES string of the molecule is CC(C)[C@H]1CN(C)C(=O)N1c1ccnc(NC2(c3ccc(-c4ccnc(C(F)(F)F)c4)cn3)CC2)n1. The number of likely N-dealkylation sites (N-methyl/N-ethyl adjacent to an activating group) is 1. The molecule has 1 atom stereocenters. The van der Waals surface area contributed by atoms with Gasteiger partial charge in [0.15, 0.2) is 0 Å². The number of amides is 2. The lowest BCUT2D eigenvalue weighted by Crippen LogP contribution is -2.38. The van der Waals surface area contributed by atoms with Crippen LogP contribution in [-0.4, -0.2) is 50.5 Å². The van der Waals surface area contributed by atoms with Gasteiger partial charge in [-0.1, -0.05) is 19.9 Å². The maximum absolute atomic E-state index is 13.0. The van der Waals surface area contributed by atoms with E-state index in [4.69, 9.17) is 0 Å². The summed E-state index contributed by atoms with van der Waals surface area (Å²) in [5.74, 6) is 1.19. The Labute approximate surface area is 206 Å². The van der Waals surface area contributed by atoms with Crippen LogP contribution in [-0.2, 0) is 11.7 Å². The third kappa shape index (κ3) is 4.45. The number of nitrogens with one attached hydrogen (secondary N) is 1. The molecule has 0 aromatic carbocycles. The second kappa shape index (κ2) is 8.72. The Morgan fingerprint density at radius 3 is 2.44 bits per heavy atom. The molecule has 1 saturated heterocycles. The summed E-state index contributed by atoms with van der Waals surface area (Å²) in [6.45, 7) is 4.79. The Hall–Kier alpha value is -3.76. The topological polar surface area (TPSA) is 87.1 Å². The van der Waals surface area contributed by atoms with Crippen molar-refractivity contribution in [2.24, 2.45) is 5.92 Å². The number of carbonyl (C=O) groups excluding carboxylic acids is 1. The van der Waals surface area contributed by atoms with Gasteiger partial charge in [-0.2, -0.15) is 18.2 Å². The Morgan fingerprint density at radius 2 is 1.81 bits per heavy atom. The molecule has 1 aliphatic heterocycles. The lowest BCUT2D eigenvalue weighted by atomic mass is 10.0. The minimum absolute atomic E-state index is 0.0143. The molecule has 188 valence electrons. The molecule has 2 aliphatic rings. The van der Waals surface area contributed by atoms with Crippen LogP contribution in [0, 0.1) is 5.92 Å². The highest BCUT2D eigenvalue weighted by molar-refractivity contribution is 5.94. The molecule has 2 amide bonds. The molecule has 1 N–H and O–H groups in total. The first-order chi connectivity index (χ1) is 17.1. The van der Waals surface area contributed by atoms with Gasteiger partial charge in [0, 0.05) is 37.7 Å². The second-order valence-corrected chi connectivity index (χ2v) is 9.65. The van der Waals surface area contributed by atoms with E-state index in [1.54, 1.807) is 47.4 Å². The van der Waals surface area contributed by atoms with E-state index in [1.807, 2.05) is 0 Å². The molecule has 8 nitrogen and oxygen atoms in total. The number of nitrogens with zero attached hydrogens (tertiary/aromatic N) is 6. The molecule has 4 heterocycles. The van der Waals surface area contributed by atoms with Gasteiger partial charge in [0.2, 0.25) is 5.95 Å². The predicted molar refractivity (Wildman–Crippen MR) is 128 cm³/mol. The lowest BCUT2D eigenvalue weighted by Gasteiger charge is -2.25. The van der Waals surface area contributed by atoms with Crippen molar-refractivity contribution in [3.05, 3.63) is 60.3 Å². The summed E-state index contributed by atoms with van der Waals surface area (Å²) in [5.41, 5.74) is 0.309. The normalized spacial score (nSPS) is 19.2. The van der Waals surface area contributed by atoms with E-state index in [2.05, 4.69) is 39.1 Å². The third-order valence-corrected chi connectivity index (χ3v) is 6.72. The monoisotopic (exact) mass is 497 g/mol. The number of halogens is 3. The van der Waals surface area contributed by atoms with E-state index in [1.165, 1.54) is 6.07 Å². The first-order valence-corrected chi connectivity index (χ1v) is 11.7. The molecule has 0 radical (unpaired) electrons. The summed E-state index contributed by atoms with van der Waals surface area (Å²) in [6.07, 6.45) is 1.44. The van der Waals surface area contributed by atoms with Gasteiger partial charge in [0.05, 0.1) is 17.3 Å². The van der Waals surface area contributed by atoms with E-state index < -0.39 is 17.4 Å². The zero-order valence-electron chi connectivity index (χ0n) is 20.1. The first kappa shape index (κ1) is 24.0. The number of hydrogen-bond donors (Lipinski definition) is 1. The number of anilines is 2. The summed E-state index contributed by atoms with van der Waals surface area (Å²) in [4.78, 5) is 33.1. The van der Waals surface area contributed by atoms with E-state index in [9.17, 15) is 18.0 Å². The van der Waals surface area contributed by atoms with Crippen molar-refractivity contribution in [2.75, 3.05) is 23.8 Å². The Kier molecular flexibility index (Phi) is 5.80. The molecule has 1 saturated carbocycles. The van der Waals surface area contributed by atoms with Gasteiger partial charge < -0.3 is 10.2 Å². The fourth-order valence-electron chi connectivity index (χ4n) is 4.48. The van der Waals surface area contributed by atoms with Crippen LogP contribution in [0.1, 0.15) is 38.1 Å². The van der Waals surface area contributed by atoms with Crippen molar-refractivity contribution in [3.8, 4) is 11.1 Å². The standard InChI is InChI=1S/C25H26F3N7O/c1-15(2)18-14-34(3)23(36)35(18)21-7-11-30-22(32-21)33-24(8-9-24)19-5-4-17(13-31-19)16-6-10-29-20(12-16)25(26,27)28/h4-7,10-13,15,18H,8-9,14H2,1-3H3,(H,30,32,33)/t18-/m1/s1. The summed E-state index contributed by atoms with van der Waals surface area (Å²) >= 11 is 0. The number of rotatable bonds is 6. The van der Waals surface area contributed by atoms with Crippen molar-refractivity contribution in [3.63, 3.8) is 0 Å². The van der Waals surface area contributed by atoms with Crippen molar-refractivity contribution >= 4 is 17.8 Å². The summed E-state index contributed by atoms with van der Waals surface area (Å²) in [7, 11) is 1.78. The number of urea groups is 1. The van der Waals surface area contributed by atoms with Crippen LogP contribution in [0.15, 0.2) is 48.9 Å². The smallest absolute Gasteiger partial charge is 0.343 e. The molecule has 0 bridgehead atoms. The number of hydrogen-bond acceptors (Lipinski definition) is 6. The van der Waals surface area contributed by atoms with Crippen LogP contribution in [0.4, 0.5) is 29.7 Å². The molecular formula is C25H26F3N7O. The average molecular weight is 498 g/mol. The van der Waals surface area contributed by atoms with Gasteiger partial charge >= 0.3 is 12.2 Å². The molecule has 0 unspecified atom stereocenters. The first-order valence-electron chi connectivity index (χ1n) is 11.7. The van der Waals surface area contributed by atoms with E-state index in [0.717, 1.165) is 30.8 Å². The number of pyridine rings is 2. The highest BCUT2D eigenvalue weighted by Gasteiger charge is 2.47. The van der Waals surface area contributed by atoms with Gasteiger partial charge in [-0.25, -0.2) is 9.78 Å². The van der Waals surface area contributed by atoms with Crippen LogP contribution in [0.3, 0.4) is 0 Å². The minimum Gasteiger partial charge on any atom is -0.343 e. The van der Waals surface area contributed by atoms with Gasteiger partial charge in [-0.05, 0) is 48.6 Å². The molecule has 36 heavy (non-hydrogen) atoms. The van der Waals surface area contributed by atoms with Crippen LogP contribution in [0.25, 0.3) is 11.1 Å². The lowest BCUT2D eigenvalue weighted by molar-refractivity contribution is -0.141. The summed E-state index contributed by atoms with van der Waals surface area (Å²) in [5, 5.41) is 3.37. The van der Waals surface area contributed by atoms with Gasteiger partial charge in [0.25, 0.3) is 0 Å². The summed E-state index contributed by atoms with van der Waals surface area (Å²) < 4.78 is 39.1. The maximum atomic E-state index is 13.0. The fraction of sp³-hybridized carbons (Fsp3) is 0.400.